The van der Waals surface area contributed by atoms with Crippen LogP contribution in [0.15, 0.2) is 0 Å². The number of carbonyl (C=O) groups excluding carboxylic acids is 1. The molecule has 0 bridgehead atoms. The maximum Gasteiger partial charge on any atom is 0.303 e. The normalized spacial score (nSPS) is 22.1. The zero-order chi connectivity index (χ0) is 11.9. The Labute approximate surface area is 90.0 Å². The van der Waals surface area contributed by atoms with Gasteiger partial charge in [0, 0.05) is 12.5 Å². The number of carboxylic acids is 1. The number of hydrogen-bond acceptors (Lipinski definition) is 2. The first-order valence-electron chi connectivity index (χ1n) is 5.20. The number of carbonyl (C=O) groups is 2. The Kier molecular flexibility index (Phi) is 2.81. The number of rotatable bonds is 4. The van der Waals surface area contributed by atoms with Crippen molar-refractivity contribution in [2.45, 2.75) is 46.6 Å². The average Bonchev–Trinajstić information content (AvgIpc) is 2.44. The Hall–Kier alpha value is -1.06. The van der Waals surface area contributed by atoms with Crippen LogP contribution in [-0.2, 0) is 9.59 Å². The van der Waals surface area contributed by atoms with E-state index in [1.54, 1.807) is 0 Å². The summed E-state index contributed by atoms with van der Waals surface area (Å²) in [4.78, 5) is 21.7. The molecule has 4 heteroatoms. The highest BCUT2D eigenvalue weighted by Gasteiger charge is 2.65. The van der Waals surface area contributed by atoms with Crippen LogP contribution in [0.5, 0.6) is 0 Å². The first-order chi connectivity index (χ1) is 6.69. The summed E-state index contributed by atoms with van der Waals surface area (Å²) in [5.74, 6) is -1.10. The lowest BCUT2D eigenvalue weighted by Gasteiger charge is -2.05. The van der Waals surface area contributed by atoms with Crippen molar-refractivity contribution >= 4 is 11.9 Å². The van der Waals surface area contributed by atoms with Crippen LogP contribution in [0.2, 0.25) is 0 Å². The van der Waals surface area contributed by atoms with Gasteiger partial charge < -0.3 is 10.4 Å². The summed E-state index contributed by atoms with van der Waals surface area (Å²) < 4.78 is 0. The Morgan fingerprint density at radius 2 is 1.60 bits per heavy atom. The van der Waals surface area contributed by atoms with E-state index in [0.29, 0.717) is 0 Å². The number of aliphatic carboxylic acids is 1. The van der Waals surface area contributed by atoms with Crippen molar-refractivity contribution in [1.82, 2.24) is 5.32 Å². The summed E-state index contributed by atoms with van der Waals surface area (Å²) in [5, 5.41) is 11.3. The zero-order valence-electron chi connectivity index (χ0n) is 9.76. The third-order valence-electron chi connectivity index (χ3n) is 3.89. The van der Waals surface area contributed by atoms with Crippen molar-refractivity contribution in [2.24, 2.45) is 10.8 Å². The van der Waals surface area contributed by atoms with Crippen molar-refractivity contribution in [3.63, 3.8) is 0 Å². The second-order valence-corrected chi connectivity index (χ2v) is 5.34. The third kappa shape index (κ3) is 2.13. The summed E-state index contributed by atoms with van der Waals surface area (Å²) in [6, 6.07) is 0.159. The lowest BCUT2D eigenvalue weighted by Crippen LogP contribution is -2.29. The highest BCUT2D eigenvalue weighted by molar-refractivity contribution is 5.81. The summed E-state index contributed by atoms with van der Waals surface area (Å²) in [7, 11) is 0. The van der Waals surface area contributed by atoms with Gasteiger partial charge in [-0.1, -0.05) is 27.7 Å². The first kappa shape index (κ1) is 12.0. The molecule has 0 radical (unpaired) electrons. The molecule has 1 aliphatic rings. The molecule has 0 aromatic carbocycles. The van der Waals surface area contributed by atoms with Gasteiger partial charge in [-0.05, 0) is 10.8 Å². The van der Waals surface area contributed by atoms with Gasteiger partial charge in [0.1, 0.15) is 0 Å². The summed E-state index contributed by atoms with van der Waals surface area (Å²) in [5.41, 5.74) is 0.206. The molecule has 0 atom stereocenters. The maximum absolute atomic E-state index is 11.4. The first-order valence-corrected chi connectivity index (χ1v) is 5.20. The van der Waals surface area contributed by atoms with Crippen LogP contribution < -0.4 is 5.32 Å². The fourth-order valence-corrected chi connectivity index (χ4v) is 2.01. The van der Waals surface area contributed by atoms with E-state index < -0.39 is 5.97 Å². The molecule has 0 aliphatic heterocycles. The van der Waals surface area contributed by atoms with Gasteiger partial charge in [-0.3, -0.25) is 9.59 Å². The molecule has 1 aliphatic carbocycles. The van der Waals surface area contributed by atoms with E-state index in [0.717, 1.165) is 0 Å². The lowest BCUT2D eigenvalue weighted by atomic mass is 10.0. The molecular formula is C11H19NO3. The molecule has 0 heterocycles. The van der Waals surface area contributed by atoms with Crippen LogP contribution in [0.1, 0.15) is 40.5 Å². The number of carboxylic acid groups (broad SMARTS) is 1. The van der Waals surface area contributed by atoms with E-state index in [1.807, 2.05) is 0 Å². The van der Waals surface area contributed by atoms with Gasteiger partial charge in [-0.25, -0.2) is 0 Å². The smallest absolute Gasteiger partial charge is 0.303 e. The van der Waals surface area contributed by atoms with Gasteiger partial charge in [-0.15, -0.1) is 0 Å². The van der Waals surface area contributed by atoms with E-state index in [1.165, 1.54) is 0 Å². The monoisotopic (exact) mass is 213 g/mol. The van der Waals surface area contributed by atoms with Gasteiger partial charge >= 0.3 is 5.97 Å². The summed E-state index contributed by atoms with van der Waals surface area (Å²) in [6.07, 6.45) is -0.0304. The Bertz CT molecular complexity index is 280. The van der Waals surface area contributed by atoms with E-state index in [2.05, 4.69) is 33.0 Å². The van der Waals surface area contributed by atoms with Crippen LogP contribution in [-0.4, -0.2) is 23.0 Å². The fraction of sp³-hybridized carbons (Fsp3) is 0.818. The van der Waals surface area contributed by atoms with Gasteiger partial charge in [0.2, 0.25) is 5.91 Å². The van der Waals surface area contributed by atoms with Crippen LogP contribution in [0.4, 0.5) is 0 Å². The number of amides is 1. The predicted octanol–water partition coefficient (Wildman–Crippen LogP) is 1.40. The zero-order valence-corrected chi connectivity index (χ0v) is 9.76. The highest BCUT2D eigenvalue weighted by atomic mass is 16.4. The molecule has 2 N–H and O–H groups in total. The van der Waals surface area contributed by atoms with Crippen LogP contribution in [0.3, 0.4) is 0 Å². The van der Waals surface area contributed by atoms with Gasteiger partial charge in [0.05, 0.1) is 6.42 Å². The molecule has 1 rings (SSSR count). The Balaban J connectivity index is 2.39. The predicted molar refractivity (Wildman–Crippen MR) is 56.4 cm³/mol. The molecule has 0 unspecified atom stereocenters. The standard InChI is InChI=1S/C11H19NO3/c1-10(2)9(11(10,3)4)12-7(13)5-6-8(14)15/h9H,5-6H2,1-4H3,(H,12,13)(H,14,15). The van der Waals surface area contributed by atoms with E-state index in [9.17, 15) is 9.59 Å². The molecule has 1 fully saturated rings. The number of nitrogens with one attached hydrogen (secondary N) is 1. The van der Waals surface area contributed by atoms with Crippen LogP contribution in [0.25, 0.3) is 0 Å². The molecule has 0 spiro atoms. The maximum atomic E-state index is 11.4. The van der Waals surface area contributed by atoms with Crippen molar-refractivity contribution in [1.29, 1.82) is 0 Å². The average molecular weight is 213 g/mol. The topological polar surface area (TPSA) is 66.4 Å². The van der Waals surface area contributed by atoms with Gasteiger partial charge in [0.25, 0.3) is 0 Å². The molecular weight excluding hydrogens is 194 g/mol. The second-order valence-electron chi connectivity index (χ2n) is 5.34. The minimum absolute atomic E-state index is 0.0675. The Morgan fingerprint density at radius 1 is 1.13 bits per heavy atom. The van der Waals surface area contributed by atoms with E-state index in [-0.39, 0.29) is 35.6 Å². The molecule has 0 aromatic rings. The van der Waals surface area contributed by atoms with Crippen molar-refractivity contribution in [3.8, 4) is 0 Å². The quantitative estimate of drug-likeness (QED) is 0.741. The van der Waals surface area contributed by atoms with E-state index in [4.69, 9.17) is 5.11 Å². The van der Waals surface area contributed by atoms with Crippen LogP contribution >= 0.6 is 0 Å². The SMILES string of the molecule is CC1(C)C(NC(=O)CCC(=O)O)C1(C)C. The Morgan fingerprint density at radius 3 is 1.93 bits per heavy atom. The van der Waals surface area contributed by atoms with Crippen molar-refractivity contribution < 1.29 is 14.7 Å². The van der Waals surface area contributed by atoms with Crippen molar-refractivity contribution in [3.05, 3.63) is 0 Å². The fourth-order valence-electron chi connectivity index (χ4n) is 2.01. The lowest BCUT2D eigenvalue weighted by molar-refractivity contribution is -0.138. The highest BCUT2D eigenvalue weighted by Crippen LogP contribution is 2.62. The minimum atomic E-state index is -0.931. The van der Waals surface area contributed by atoms with Gasteiger partial charge in [0.15, 0.2) is 0 Å². The molecule has 0 saturated heterocycles. The van der Waals surface area contributed by atoms with Crippen LogP contribution in [0, 0.1) is 10.8 Å². The molecule has 4 nitrogen and oxygen atoms in total. The molecule has 1 amide bonds. The third-order valence-corrected chi connectivity index (χ3v) is 3.89. The summed E-state index contributed by atoms with van der Waals surface area (Å²) >= 11 is 0. The second kappa shape index (κ2) is 3.51. The molecule has 86 valence electrons. The number of hydrogen-bond donors (Lipinski definition) is 2. The summed E-state index contributed by atoms with van der Waals surface area (Å²) in [6.45, 7) is 8.43. The molecule has 1 saturated carbocycles. The van der Waals surface area contributed by atoms with E-state index >= 15 is 0 Å². The molecule has 15 heavy (non-hydrogen) atoms. The molecule has 0 aromatic heterocycles. The van der Waals surface area contributed by atoms with Crippen molar-refractivity contribution in [2.75, 3.05) is 0 Å². The minimum Gasteiger partial charge on any atom is -0.481 e. The largest absolute Gasteiger partial charge is 0.481 e. The van der Waals surface area contributed by atoms with Gasteiger partial charge in [-0.2, -0.15) is 0 Å².